The quantitative estimate of drug-likeness (QED) is 0.852. The van der Waals surface area contributed by atoms with E-state index in [0.717, 1.165) is 37.1 Å². The minimum absolute atomic E-state index is 0.0304. The third kappa shape index (κ3) is 4.21. The van der Waals surface area contributed by atoms with Crippen molar-refractivity contribution >= 4 is 11.8 Å². The molecule has 0 atom stereocenters. The Labute approximate surface area is 160 Å². The van der Waals surface area contributed by atoms with Crippen molar-refractivity contribution in [1.82, 2.24) is 19.8 Å². The molecule has 144 valence electrons. The Morgan fingerprint density at radius 1 is 1.22 bits per heavy atom. The van der Waals surface area contributed by atoms with Crippen molar-refractivity contribution in [3.63, 3.8) is 0 Å². The van der Waals surface area contributed by atoms with Crippen molar-refractivity contribution in [2.45, 2.75) is 59.2 Å². The second kappa shape index (κ2) is 8.37. The average molecular weight is 368 g/mol. The van der Waals surface area contributed by atoms with E-state index in [0.29, 0.717) is 24.6 Å². The van der Waals surface area contributed by atoms with Gasteiger partial charge in [-0.1, -0.05) is 30.3 Å². The van der Waals surface area contributed by atoms with Crippen LogP contribution in [0.2, 0.25) is 0 Å². The summed E-state index contributed by atoms with van der Waals surface area (Å²) in [6.45, 7) is 7.67. The Kier molecular flexibility index (Phi) is 5.94. The first-order chi connectivity index (χ1) is 13.0. The Bertz CT molecular complexity index is 811. The van der Waals surface area contributed by atoms with Gasteiger partial charge in [-0.3, -0.25) is 9.59 Å². The highest BCUT2D eigenvalue weighted by atomic mass is 16.2. The first-order valence-corrected chi connectivity index (χ1v) is 9.74. The second-order valence-electron chi connectivity index (χ2n) is 7.27. The van der Waals surface area contributed by atoms with E-state index in [-0.39, 0.29) is 17.9 Å². The maximum atomic E-state index is 13.2. The molecular formula is C21H28N4O2. The Hall–Kier alpha value is -2.63. The van der Waals surface area contributed by atoms with Gasteiger partial charge in [0.15, 0.2) is 5.82 Å². The molecule has 1 N–H and O–H groups in total. The van der Waals surface area contributed by atoms with Crippen LogP contribution in [0.3, 0.4) is 0 Å². The molecule has 1 aliphatic rings. The second-order valence-corrected chi connectivity index (χ2v) is 7.27. The highest BCUT2D eigenvalue weighted by Crippen LogP contribution is 2.22. The number of nitrogens with one attached hydrogen (secondary N) is 1. The molecule has 0 fully saturated rings. The van der Waals surface area contributed by atoms with Gasteiger partial charge in [-0.05, 0) is 45.6 Å². The number of carbonyl (C=O) groups is 2. The van der Waals surface area contributed by atoms with E-state index in [4.69, 9.17) is 0 Å². The van der Waals surface area contributed by atoms with Crippen molar-refractivity contribution in [3.05, 3.63) is 53.1 Å². The molecule has 1 aromatic carbocycles. The molecular weight excluding hydrogens is 340 g/mol. The van der Waals surface area contributed by atoms with Crippen molar-refractivity contribution < 1.29 is 9.59 Å². The molecule has 0 bridgehead atoms. The third-order valence-corrected chi connectivity index (χ3v) is 4.83. The molecule has 2 heterocycles. The fourth-order valence-electron chi connectivity index (χ4n) is 3.49. The molecule has 3 rings (SSSR count). The monoisotopic (exact) mass is 368 g/mol. The van der Waals surface area contributed by atoms with E-state index in [1.54, 1.807) is 4.90 Å². The topological polar surface area (TPSA) is 67.2 Å². The fraction of sp³-hybridized carbons (Fsp3) is 0.476. The summed E-state index contributed by atoms with van der Waals surface area (Å²) in [5.74, 6) is 0.0743. The zero-order chi connectivity index (χ0) is 19.4. The first-order valence-electron chi connectivity index (χ1n) is 9.74. The largest absolute Gasteiger partial charge is 0.348 e. The van der Waals surface area contributed by atoms with Gasteiger partial charge in [-0.15, -0.1) is 0 Å². The molecule has 1 aliphatic heterocycles. The van der Waals surface area contributed by atoms with Crippen LogP contribution in [0.4, 0.5) is 0 Å². The van der Waals surface area contributed by atoms with Crippen LogP contribution in [-0.2, 0) is 19.5 Å². The molecule has 0 radical (unpaired) electrons. The van der Waals surface area contributed by atoms with Gasteiger partial charge in [0.05, 0.1) is 5.69 Å². The van der Waals surface area contributed by atoms with Crippen molar-refractivity contribution in [2.75, 3.05) is 6.54 Å². The molecule has 0 spiro atoms. The highest BCUT2D eigenvalue weighted by Gasteiger charge is 2.29. The van der Waals surface area contributed by atoms with Gasteiger partial charge >= 0.3 is 0 Å². The predicted molar refractivity (Wildman–Crippen MR) is 105 cm³/mol. The predicted octanol–water partition coefficient (Wildman–Crippen LogP) is 3.02. The Morgan fingerprint density at radius 2 is 1.96 bits per heavy atom. The van der Waals surface area contributed by atoms with Gasteiger partial charge in [0, 0.05) is 25.7 Å². The molecule has 27 heavy (non-hydrogen) atoms. The summed E-state index contributed by atoms with van der Waals surface area (Å²) in [6, 6.07) is 9.96. The number of nitrogens with zero attached hydrogens (tertiary/aromatic N) is 3. The molecule has 0 saturated carbocycles. The lowest BCUT2D eigenvalue weighted by molar-refractivity contribution is 0.0734. The number of hydrogen-bond donors (Lipinski definition) is 1. The molecule has 0 saturated heterocycles. The normalized spacial score (nSPS) is 13.3. The van der Waals surface area contributed by atoms with Crippen LogP contribution in [0.15, 0.2) is 30.3 Å². The van der Waals surface area contributed by atoms with Gasteiger partial charge in [-0.2, -0.15) is 0 Å². The number of benzene rings is 1. The summed E-state index contributed by atoms with van der Waals surface area (Å²) in [4.78, 5) is 32.1. The number of fused-ring (bicyclic) bond motifs is 1. The maximum Gasteiger partial charge on any atom is 0.290 e. The summed E-state index contributed by atoms with van der Waals surface area (Å²) in [7, 11) is 0. The minimum atomic E-state index is -0.194. The van der Waals surface area contributed by atoms with E-state index in [1.165, 1.54) is 0 Å². The Balaban J connectivity index is 1.91. The van der Waals surface area contributed by atoms with E-state index >= 15 is 0 Å². The minimum Gasteiger partial charge on any atom is -0.348 e. The molecule has 0 aliphatic carbocycles. The van der Waals surface area contributed by atoms with Gasteiger partial charge < -0.3 is 14.8 Å². The first kappa shape index (κ1) is 19.1. The fourth-order valence-corrected chi connectivity index (χ4v) is 3.49. The van der Waals surface area contributed by atoms with E-state index < -0.39 is 0 Å². The lowest BCUT2D eigenvalue weighted by Crippen LogP contribution is -2.33. The summed E-state index contributed by atoms with van der Waals surface area (Å²) in [5, 5.41) is 2.90. The summed E-state index contributed by atoms with van der Waals surface area (Å²) >= 11 is 0. The summed E-state index contributed by atoms with van der Waals surface area (Å²) in [5.41, 5.74) is 2.37. The van der Waals surface area contributed by atoms with Crippen molar-refractivity contribution in [1.29, 1.82) is 0 Å². The van der Waals surface area contributed by atoms with Crippen LogP contribution < -0.4 is 5.32 Å². The number of hydrogen-bond acceptors (Lipinski definition) is 3. The number of aromatic nitrogens is 2. The van der Waals surface area contributed by atoms with E-state index in [2.05, 4.69) is 10.3 Å². The summed E-state index contributed by atoms with van der Waals surface area (Å²) in [6.07, 6.45) is 2.80. The zero-order valence-corrected chi connectivity index (χ0v) is 16.4. The van der Waals surface area contributed by atoms with Crippen LogP contribution in [0.1, 0.15) is 66.0 Å². The number of rotatable bonds is 6. The molecule has 2 amide bonds. The zero-order valence-electron chi connectivity index (χ0n) is 16.4. The molecule has 1 aromatic heterocycles. The smallest absolute Gasteiger partial charge is 0.290 e. The van der Waals surface area contributed by atoms with Crippen LogP contribution in [0, 0.1) is 0 Å². The van der Waals surface area contributed by atoms with E-state index in [9.17, 15) is 9.59 Å². The van der Waals surface area contributed by atoms with Gasteiger partial charge in [0.2, 0.25) is 0 Å². The molecule has 6 heteroatoms. The van der Waals surface area contributed by atoms with Crippen LogP contribution in [0.25, 0.3) is 0 Å². The van der Waals surface area contributed by atoms with Crippen LogP contribution >= 0.6 is 0 Å². The molecule has 0 unspecified atom stereocenters. The molecule has 2 aromatic rings. The summed E-state index contributed by atoms with van der Waals surface area (Å²) < 4.78 is 1.95. The lowest BCUT2D eigenvalue weighted by Gasteiger charge is -2.22. The average Bonchev–Trinajstić information content (AvgIpc) is 3.06. The van der Waals surface area contributed by atoms with Crippen molar-refractivity contribution in [3.8, 4) is 0 Å². The van der Waals surface area contributed by atoms with Gasteiger partial charge in [0.25, 0.3) is 11.8 Å². The number of imidazole rings is 1. The van der Waals surface area contributed by atoms with Gasteiger partial charge in [-0.25, -0.2) is 4.98 Å². The highest BCUT2D eigenvalue weighted by molar-refractivity contribution is 5.97. The lowest BCUT2D eigenvalue weighted by atomic mass is 10.1. The van der Waals surface area contributed by atoms with Crippen LogP contribution in [0.5, 0.6) is 0 Å². The maximum absolute atomic E-state index is 13.2. The standard InChI is InChI=1S/C21H28N4O2/c1-4-24(14-16-10-6-5-7-11-16)21(27)19-23-18(20(26)22-15(2)3)17-12-8-9-13-25(17)19/h5-7,10-11,15H,4,8-9,12-14H2,1-3H3,(H,22,26). The van der Waals surface area contributed by atoms with Crippen LogP contribution in [-0.4, -0.2) is 38.9 Å². The SMILES string of the molecule is CCN(Cc1ccccc1)C(=O)c1nc(C(=O)NC(C)C)c2n1CCCC2. The Morgan fingerprint density at radius 3 is 2.63 bits per heavy atom. The third-order valence-electron chi connectivity index (χ3n) is 4.83. The number of amides is 2. The number of carbonyl (C=O) groups excluding carboxylic acids is 2. The van der Waals surface area contributed by atoms with E-state index in [1.807, 2.05) is 55.7 Å². The van der Waals surface area contributed by atoms with Gasteiger partial charge in [0.1, 0.15) is 5.69 Å². The molecule has 6 nitrogen and oxygen atoms in total. The van der Waals surface area contributed by atoms with Crippen molar-refractivity contribution in [2.24, 2.45) is 0 Å².